The molecule has 160 valence electrons. The van der Waals surface area contributed by atoms with Crippen molar-refractivity contribution in [1.29, 1.82) is 0 Å². The number of anilines is 2. The number of nitrogens with zero attached hydrogens (tertiary/aromatic N) is 6. The van der Waals surface area contributed by atoms with E-state index in [9.17, 15) is 0 Å². The minimum atomic E-state index is 0.412. The zero-order valence-corrected chi connectivity index (χ0v) is 18.0. The summed E-state index contributed by atoms with van der Waals surface area (Å²) < 4.78 is 3.93. The van der Waals surface area contributed by atoms with Gasteiger partial charge in [0.25, 0.3) is 0 Å². The maximum Gasteiger partial charge on any atom is 0.228 e. The van der Waals surface area contributed by atoms with Gasteiger partial charge in [-0.25, -0.2) is 14.5 Å². The molecule has 4 aromatic heterocycles. The molecule has 0 aliphatic carbocycles. The van der Waals surface area contributed by atoms with Crippen LogP contribution in [0, 0.1) is 5.92 Å². The van der Waals surface area contributed by atoms with Crippen LogP contribution < -0.4 is 10.6 Å². The van der Waals surface area contributed by atoms with Gasteiger partial charge in [0.2, 0.25) is 5.95 Å². The van der Waals surface area contributed by atoms with Gasteiger partial charge < -0.3 is 10.6 Å². The fourth-order valence-corrected chi connectivity index (χ4v) is 4.16. The first-order valence-corrected chi connectivity index (χ1v) is 11.0. The molecule has 1 aliphatic heterocycles. The summed E-state index contributed by atoms with van der Waals surface area (Å²) >= 11 is 0. The first kappa shape index (κ1) is 19.7. The van der Waals surface area contributed by atoms with Gasteiger partial charge in [0.05, 0.1) is 17.4 Å². The summed E-state index contributed by atoms with van der Waals surface area (Å²) in [5.74, 6) is 2.40. The van der Waals surface area contributed by atoms with Gasteiger partial charge in [-0.3, -0.25) is 4.68 Å². The van der Waals surface area contributed by atoms with Crippen molar-refractivity contribution in [2.45, 2.75) is 39.2 Å². The number of hydrogen-bond acceptors (Lipinski definition) is 6. The van der Waals surface area contributed by atoms with Crippen LogP contribution in [-0.2, 0) is 6.54 Å². The lowest BCUT2D eigenvalue weighted by Gasteiger charge is -2.22. The van der Waals surface area contributed by atoms with Crippen LogP contribution in [-0.4, -0.2) is 42.5 Å². The average Bonchev–Trinajstić information content (AvgIpc) is 3.41. The molecule has 1 fully saturated rings. The topological polar surface area (TPSA) is 85.0 Å². The zero-order valence-electron chi connectivity index (χ0n) is 18.0. The van der Waals surface area contributed by atoms with Crippen LogP contribution in [0.15, 0.2) is 49.1 Å². The van der Waals surface area contributed by atoms with E-state index in [0.717, 1.165) is 42.2 Å². The number of piperidine rings is 1. The Hall–Kier alpha value is -3.26. The number of pyridine rings is 1. The van der Waals surface area contributed by atoms with E-state index in [-0.39, 0.29) is 0 Å². The van der Waals surface area contributed by atoms with Crippen molar-refractivity contribution in [3.8, 4) is 11.3 Å². The molecule has 1 saturated heterocycles. The van der Waals surface area contributed by atoms with Gasteiger partial charge in [-0.05, 0) is 56.0 Å². The highest BCUT2D eigenvalue weighted by molar-refractivity contribution is 5.69. The molecule has 2 N–H and O–H groups in total. The predicted octanol–water partition coefficient (Wildman–Crippen LogP) is 3.85. The summed E-state index contributed by atoms with van der Waals surface area (Å²) in [5.41, 5.74) is 4.24. The highest BCUT2D eigenvalue weighted by Gasteiger charge is 2.14. The lowest BCUT2D eigenvalue weighted by atomic mass is 9.98. The normalized spacial score (nSPS) is 15.1. The first-order valence-electron chi connectivity index (χ1n) is 11.0. The average molecular weight is 417 g/mol. The van der Waals surface area contributed by atoms with Crippen molar-refractivity contribution < 1.29 is 0 Å². The van der Waals surface area contributed by atoms with E-state index in [4.69, 9.17) is 4.98 Å². The number of nitrogens with one attached hydrogen (secondary N) is 2. The number of rotatable bonds is 6. The third kappa shape index (κ3) is 4.29. The molecule has 0 saturated carbocycles. The minimum absolute atomic E-state index is 0.412. The van der Waals surface area contributed by atoms with Crippen LogP contribution in [0.1, 0.15) is 38.2 Å². The van der Waals surface area contributed by atoms with Gasteiger partial charge >= 0.3 is 0 Å². The first-order chi connectivity index (χ1) is 15.2. The fourth-order valence-electron chi connectivity index (χ4n) is 4.16. The van der Waals surface area contributed by atoms with Crippen molar-refractivity contribution in [2.75, 3.05) is 18.4 Å². The van der Waals surface area contributed by atoms with Gasteiger partial charge in [0.15, 0.2) is 5.82 Å². The van der Waals surface area contributed by atoms with E-state index in [1.807, 2.05) is 46.0 Å². The molecular weight excluding hydrogens is 388 g/mol. The van der Waals surface area contributed by atoms with Crippen LogP contribution in [0.25, 0.3) is 16.8 Å². The predicted molar refractivity (Wildman–Crippen MR) is 121 cm³/mol. The van der Waals surface area contributed by atoms with Crippen LogP contribution in [0.4, 0.5) is 11.8 Å². The van der Waals surface area contributed by atoms with Crippen molar-refractivity contribution in [1.82, 2.24) is 34.7 Å². The highest BCUT2D eigenvalue weighted by atomic mass is 15.3. The summed E-state index contributed by atoms with van der Waals surface area (Å²) in [6.45, 7) is 7.51. The summed E-state index contributed by atoms with van der Waals surface area (Å²) in [5, 5.41) is 15.8. The Labute approximate surface area is 181 Å². The molecule has 1 aliphatic rings. The van der Waals surface area contributed by atoms with Crippen molar-refractivity contribution >= 4 is 17.3 Å². The molecule has 31 heavy (non-hydrogen) atoms. The Morgan fingerprint density at radius 3 is 2.87 bits per heavy atom. The lowest BCUT2D eigenvalue weighted by molar-refractivity contribution is 0.321. The summed E-state index contributed by atoms with van der Waals surface area (Å²) in [7, 11) is 0. The third-order valence-corrected chi connectivity index (χ3v) is 5.91. The van der Waals surface area contributed by atoms with Crippen LogP contribution in [0.2, 0.25) is 0 Å². The zero-order chi connectivity index (χ0) is 21.2. The van der Waals surface area contributed by atoms with Crippen LogP contribution in [0.5, 0.6) is 0 Å². The van der Waals surface area contributed by atoms with E-state index in [1.165, 1.54) is 18.4 Å². The molecule has 5 heterocycles. The Bertz CT molecular complexity index is 1170. The summed E-state index contributed by atoms with van der Waals surface area (Å²) in [6, 6.07) is 8.08. The SMILES string of the molecule is CC(C)c1cnn2ccc(-c3ccnc(Nc4ccn(CC5CCNCC5)n4)n3)cc12. The number of aromatic nitrogens is 6. The Kier molecular flexibility index (Phi) is 5.38. The lowest BCUT2D eigenvalue weighted by Crippen LogP contribution is -2.30. The summed E-state index contributed by atoms with van der Waals surface area (Å²) in [6.07, 6.45) is 10.1. The van der Waals surface area contributed by atoms with Crippen molar-refractivity contribution in [2.24, 2.45) is 5.92 Å². The van der Waals surface area contributed by atoms with Gasteiger partial charge in [-0.15, -0.1) is 0 Å². The minimum Gasteiger partial charge on any atom is -0.317 e. The van der Waals surface area contributed by atoms with Gasteiger partial charge in [0, 0.05) is 42.3 Å². The maximum atomic E-state index is 4.72. The molecule has 0 spiro atoms. The van der Waals surface area contributed by atoms with E-state index >= 15 is 0 Å². The Morgan fingerprint density at radius 1 is 1.16 bits per heavy atom. The highest BCUT2D eigenvalue weighted by Crippen LogP contribution is 2.25. The largest absolute Gasteiger partial charge is 0.317 e. The Balaban J connectivity index is 1.34. The smallest absolute Gasteiger partial charge is 0.228 e. The molecular formula is C23H28N8. The molecule has 0 atom stereocenters. The molecule has 8 nitrogen and oxygen atoms in total. The second-order valence-corrected chi connectivity index (χ2v) is 8.51. The monoisotopic (exact) mass is 416 g/mol. The molecule has 0 radical (unpaired) electrons. The van der Waals surface area contributed by atoms with E-state index < -0.39 is 0 Å². The Morgan fingerprint density at radius 2 is 2.03 bits per heavy atom. The van der Waals surface area contributed by atoms with Crippen LogP contribution in [0.3, 0.4) is 0 Å². The molecule has 5 rings (SSSR count). The maximum absolute atomic E-state index is 4.72. The molecule has 0 unspecified atom stereocenters. The second kappa shape index (κ2) is 8.47. The van der Waals surface area contributed by atoms with Crippen molar-refractivity contribution in [3.63, 3.8) is 0 Å². The number of hydrogen-bond donors (Lipinski definition) is 2. The quantitative estimate of drug-likeness (QED) is 0.497. The number of fused-ring (bicyclic) bond motifs is 1. The van der Waals surface area contributed by atoms with Gasteiger partial charge in [-0.2, -0.15) is 10.2 Å². The summed E-state index contributed by atoms with van der Waals surface area (Å²) in [4.78, 5) is 9.11. The van der Waals surface area contributed by atoms with E-state index in [0.29, 0.717) is 17.8 Å². The molecule has 0 aromatic carbocycles. The molecule has 0 amide bonds. The van der Waals surface area contributed by atoms with Crippen LogP contribution >= 0.6 is 0 Å². The van der Waals surface area contributed by atoms with E-state index in [1.54, 1.807) is 6.20 Å². The second-order valence-electron chi connectivity index (χ2n) is 8.51. The molecule has 8 heteroatoms. The fraction of sp³-hybridized carbons (Fsp3) is 0.391. The van der Waals surface area contributed by atoms with Gasteiger partial charge in [0.1, 0.15) is 0 Å². The van der Waals surface area contributed by atoms with Crippen molar-refractivity contribution in [3.05, 3.63) is 54.6 Å². The molecule has 0 bridgehead atoms. The van der Waals surface area contributed by atoms with Gasteiger partial charge in [-0.1, -0.05) is 13.8 Å². The van der Waals surface area contributed by atoms with E-state index in [2.05, 4.69) is 45.7 Å². The third-order valence-electron chi connectivity index (χ3n) is 5.91. The standard InChI is InChI=1S/C23H28N8/c1-16(2)19-14-26-31-12-6-18(13-21(19)31)20-5-10-25-23(27-20)28-22-7-11-30(29-22)15-17-3-8-24-9-4-17/h5-7,10-14,16-17,24H,3-4,8-9,15H2,1-2H3,(H,25,27,28,29). The molecule has 4 aromatic rings.